The number of hydrogen-bond donors (Lipinski definition) is 1. The van der Waals surface area contributed by atoms with Crippen molar-refractivity contribution in [1.29, 1.82) is 0 Å². The molecular weight excluding hydrogens is 308 g/mol. The Morgan fingerprint density at radius 3 is 2.74 bits per heavy atom. The molecule has 0 aliphatic heterocycles. The van der Waals surface area contributed by atoms with Gasteiger partial charge in [-0.15, -0.1) is 11.3 Å². The van der Waals surface area contributed by atoms with Crippen molar-refractivity contribution in [3.63, 3.8) is 0 Å². The Morgan fingerprint density at radius 2 is 2.04 bits per heavy atom. The minimum atomic E-state index is -0.0832. The molecule has 0 saturated heterocycles. The highest BCUT2D eigenvalue weighted by Crippen LogP contribution is 2.24. The zero-order chi connectivity index (χ0) is 16.6. The lowest BCUT2D eigenvalue weighted by molar-refractivity contribution is 0.0953. The second kappa shape index (κ2) is 6.12. The van der Waals surface area contributed by atoms with Crippen molar-refractivity contribution in [3.05, 3.63) is 51.4 Å². The molecule has 0 radical (unpaired) electrons. The largest absolute Gasteiger partial charge is 0.346 e. The van der Waals surface area contributed by atoms with Gasteiger partial charge in [-0.2, -0.15) is 0 Å². The molecule has 3 rings (SSSR count). The van der Waals surface area contributed by atoms with Crippen LogP contribution in [-0.4, -0.2) is 20.3 Å². The van der Waals surface area contributed by atoms with E-state index >= 15 is 0 Å². The molecule has 0 fully saturated rings. The lowest BCUT2D eigenvalue weighted by atomic mass is 10.2. The van der Waals surface area contributed by atoms with Gasteiger partial charge in [0.1, 0.15) is 10.5 Å². The first-order valence-electron chi connectivity index (χ1n) is 7.64. The topological polar surface area (TPSA) is 59.3 Å². The summed E-state index contributed by atoms with van der Waals surface area (Å²) in [7, 11) is 0. The minimum absolute atomic E-state index is 0.0832. The first kappa shape index (κ1) is 15.7. The molecule has 1 amide bonds. The van der Waals surface area contributed by atoms with Crippen molar-refractivity contribution in [2.45, 2.75) is 40.2 Å². The van der Waals surface area contributed by atoms with Crippen LogP contribution in [0.4, 0.5) is 0 Å². The third-order valence-corrected chi connectivity index (χ3v) is 5.05. The van der Waals surface area contributed by atoms with Crippen molar-refractivity contribution in [1.82, 2.24) is 19.7 Å². The molecule has 1 N–H and O–H groups in total. The van der Waals surface area contributed by atoms with E-state index in [0.717, 1.165) is 22.0 Å². The second-order valence-electron chi connectivity index (χ2n) is 6.01. The van der Waals surface area contributed by atoms with Gasteiger partial charge in [0.05, 0.1) is 22.9 Å². The molecule has 0 aliphatic carbocycles. The monoisotopic (exact) mass is 328 g/mol. The summed E-state index contributed by atoms with van der Waals surface area (Å²) in [6, 6.07) is 4.00. The average Bonchev–Trinajstić information content (AvgIpc) is 3.07. The molecule has 3 heterocycles. The number of imidazole rings is 1. The van der Waals surface area contributed by atoms with Crippen molar-refractivity contribution < 1.29 is 4.79 Å². The van der Waals surface area contributed by atoms with Crippen LogP contribution in [0.3, 0.4) is 0 Å². The molecule has 3 aromatic heterocycles. The highest BCUT2D eigenvalue weighted by molar-refractivity contribution is 7.13. The first-order valence-corrected chi connectivity index (χ1v) is 8.45. The van der Waals surface area contributed by atoms with Crippen molar-refractivity contribution in [3.8, 4) is 0 Å². The Balaban J connectivity index is 1.72. The van der Waals surface area contributed by atoms with E-state index < -0.39 is 0 Å². The highest BCUT2D eigenvalue weighted by Gasteiger charge is 2.16. The van der Waals surface area contributed by atoms with Crippen LogP contribution in [0, 0.1) is 13.8 Å². The number of hydrogen-bond acceptors (Lipinski definition) is 4. The second-order valence-corrected chi connectivity index (χ2v) is 7.04. The van der Waals surface area contributed by atoms with Crippen molar-refractivity contribution >= 4 is 22.9 Å². The third-order valence-electron chi connectivity index (χ3n) is 3.59. The van der Waals surface area contributed by atoms with Crippen molar-refractivity contribution in [2.75, 3.05) is 0 Å². The highest BCUT2D eigenvalue weighted by atomic mass is 32.1. The summed E-state index contributed by atoms with van der Waals surface area (Å²) in [5.41, 5.74) is 3.69. The minimum Gasteiger partial charge on any atom is -0.346 e. The third kappa shape index (κ3) is 3.27. The number of aromatic nitrogens is 3. The molecule has 3 aromatic rings. The maximum Gasteiger partial charge on any atom is 0.263 e. The van der Waals surface area contributed by atoms with Gasteiger partial charge >= 0.3 is 0 Å². The number of nitrogens with one attached hydrogen (secondary N) is 1. The summed E-state index contributed by atoms with van der Waals surface area (Å²) >= 11 is 1.47. The van der Waals surface area contributed by atoms with Gasteiger partial charge in [-0.3, -0.25) is 4.79 Å². The van der Waals surface area contributed by atoms with E-state index in [1.165, 1.54) is 16.9 Å². The summed E-state index contributed by atoms with van der Waals surface area (Å²) in [5, 5.41) is 3.94. The van der Waals surface area contributed by atoms with E-state index in [1.807, 2.05) is 42.8 Å². The number of pyridine rings is 1. The lowest BCUT2D eigenvalue weighted by Crippen LogP contribution is -2.22. The summed E-state index contributed by atoms with van der Waals surface area (Å²) < 4.78 is 1.98. The molecule has 120 valence electrons. The van der Waals surface area contributed by atoms with Gasteiger partial charge in [0.25, 0.3) is 5.91 Å². The fraction of sp³-hybridized carbons (Fsp3) is 0.353. The van der Waals surface area contributed by atoms with Gasteiger partial charge < -0.3 is 9.72 Å². The number of rotatable bonds is 4. The fourth-order valence-electron chi connectivity index (χ4n) is 2.37. The van der Waals surface area contributed by atoms with Gasteiger partial charge in [-0.1, -0.05) is 19.9 Å². The van der Waals surface area contributed by atoms with E-state index in [1.54, 1.807) is 0 Å². The number of carbonyl (C=O) groups excluding carboxylic acids is 1. The van der Waals surface area contributed by atoms with Crippen LogP contribution in [0.5, 0.6) is 0 Å². The number of fused-ring (bicyclic) bond motifs is 1. The summed E-state index contributed by atoms with van der Waals surface area (Å²) in [4.78, 5) is 22.0. The molecule has 0 aliphatic rings. The Bertz CT molecular complexity index is 863. The number of carbonyl (C=O) groups is 1. The van der Waals surface area contributed by atoms with Crippen LogP contribution in [0.1, 0.15) is 51.4 Å². The zero-order valence-electron chi connectivity index (χ0n) is 13.8. The maximum atomic E-state index is 12.4. The van der Waals surface area contributed by atoms with Gasteiger partial charge in [0.15, 0.2) is 0 Å². The quantitative estimate of drug-likeness (QED) is 0.798. The van der Waals surface area contributed by atoms with E-state index in [2.05, 4.69) is 29.1 Å². The maximum absolute atomic E-state index is 12.4. The molecule has 5 nitrogen and oxygen atoms in total. The Kier molecular flexibility index (Phi) is 4.17. The smallest absolute Gasteiger partial charge is 0.263 e. The van der Waals surface area contributed by atoms with Gasteiger partial charge in [-0.25, -0.2) is 9.97 Å². The van der Waals surface area contributed by atoms with Crippen LogP contribution in [0.2, 0.25) is 0 Å². The zero-order valence-corrected chi connectivity index (χ0v) is 14.6. The van der Waals surface area contributed by atoms with Crippen LogP contribution in [0.25, 0.3) is 5.65 Å². The molecular formula is C17H20N4OS. The van der Waals surface area contributed by atoms with Crippen molar-refractivity contribution in [2.24, 2.45) is 0 Å². The SMILES string of the molecule is Cc1ccc2nc(CNC(=O)c3sc(C(C)C)nc3C)cn2c1. The van der Waals surface area contributed by atoms with E-state index in [9.17, 15) is 4.79 Å². The van der Waals surface area contributed by atoms with E-state index in [0.29, 0.717) is 17.3 Å². The summed E-state index contributed by atoms with van der Waals surface area (Å²) in [6.07, 6.45) is 3.97. The van der Waals surface area contributed by atoms with Crippen LogP contribution in [0.15, 0.2) is 24.5 Å². The van der Waals surface area contributed by atoms with Gasteiger partial charge in [0.2, 0.25) is 0 Å². The Morgan fingerprint density at radius 1 is 1.26 bits per heavy atom. The predicted octanol–water partition coefficient (Wildman–Crippen LogP) is 3.46. The molecule has 0 bridgehead atoms. The molecule has 6 heteroatoms. The average molecular weight is 328 g/mol. The van der Waals surface area contributed by atoms with Crippen LogP contribution < -0.4 is 5.32 Å². The lowest BCUT2D eigenvalue weighted by Gasteiger charge is -2.01. The van der Waals surface area contributed by atoms with Crippen LogP contribution >= 0.6 is 11.3 Å². The van der Waals surface area contributed by atoms with Crippen LogP contribution in [-0.2, 0) is 6.54 Å². The van der Waals surface area contributed by atoms with Gasteiger partial charge in [-0.05, 0) is 25.5 Å². The molecule has 23 heavy (non-hydrogen) atoms. The molecule has 0 spiro atoms. The molecule has 0 saturated carbocycles. The van der Waals surface area contributed by atoms with E-state index in [-0.39, 0.29) is 5.91 Å². The normalized spacial score (nSPS) is 11.3. The first-order chi connectivity index (χ1) is 10.9. The predicted molar refractivity (Wildman–Crippen MR) is 92.0 cm³/mol. The standard InChI is InChI=1S/C17H20N4OS/c1-10(2)17-19-12(4)15(23-17)16(22)18-7-13-9-21-8-11(3)5-6-14(21)20-13/h5-6,8-10H,7H2,1-4H3,(H,18,22). The number of nitrogens with zero attached hydrogens (tertiary/aromatic N) is 3. The fourth-order valence-corrected chi connectivity index (χ4v) is 3.35. The number of aryl methyl sites for hydroxylation is 2. The Labute approximate surface area is 139 Å². The molecule has 0 aromatic carbocycles. The summed E-state index contributed by atoms with van der Waals surface area (Å²) in [6.45, 7) is 8.50. The Hall–Kier alpha value is -2.21. The molecule has 0 atom stereocenters. The number of thiazole rings is 1. The molecule has 0 unspecified atom stereocenters. The van der Waals surface area contributed by atoms with E-state index in [4.69, 9.17) is 0 Å². The number of amides is 1. The van der Waals surface area contributed by atoms with Gasteiger partial charge in [0, 0.05) is 18.3 Å². The summed E-state index contributed by atoms with van der Waals surface area (Å²) in [5.74, 6) is 0.252.